The second kappa shape index (κ2) is 10.7. The number of thioether (sulfide) groups is 1. The van der Waals surface area contributed by atoms with Crippen LogP contribution >= 0.6 is 22.4 Å². The Kier molecular flexibility index (Phi) is 7.87. The molecule has 1 aliphatic rings. The van der Waals surface area contributed by atoms with E-state index in [-0.39, 0.29) is 35.1 Å². The molecule has 196 valence electrons. The van der Waals surface area contributed by atoms with Gasteiger partial charge in [-0.2, -0.15) is 23.8 Å². The van der Waals surface area contributed by atoms with Crippen molar-refractivity contribution in [2.75, 3.05) is 37.0 Å². The first-order valence-corrected chi connectivity index (χ1v) is 13.9. The summed E-state index contributed by atoms with van der Waals surface area (Å²) in [4.78, 5) is 34.6. The maximum atomic E-state index is 13.2. The van der Waals surface area contributed by atoms with Crippen LogP contribution in [0.5, 0.6) is 5.75 Å². The minimum Gasteiger partial charge on any atom is -0.484 e. The lowest BCUT2D eigenvalue weighted by Gasteiger charge is -2.41. The monoisotopic (exact) mass is 546 g/mol. The van der Waals surface area contributed by atoms with Crippen LogP contribution in [0.4, 0.5) is 13.2 Å². The summed E-state index contributed by atoms with van der Waals surface area (Å²) in [7, 11) is -2.57. The Hall–Kier alpha value is -2.68. The highest BCUT2D eigenvalue weighted by atomic mass is 32.3. The average Bonchev–Trinajstić information content (AvgIpc) is 3.29. The van der Waals surface area contributed by atoms with Gasteiger partial charge < -0.3 is 14.6 Å². The average molecular weight is 547 g/mol. The van der Waals surface area contributed by atoms with Crippen molar-refractivity contribution >= 4 is 39.3 Å². The number of nitrogens with one attached hydrogen (secondary N) is 1. The second-order valence-electron chi connectivity index (χ2n) is 8.21. The number of alkyl halides is 3. The predicted octanol–water partition coefficient (Wildman–Crippen LogP) is 4.12. The van der Waals surface area contributed by atoms with Gasteiger partial charge in [-0.25, -0.2) is 4.98 Å². The van der Waals surface area contributed by atoms with E-state index in [0.29, 0.717) is 47.1 Å². The van der Waals surface area contributed by atoms with Crippen LogP contribution in [0.3, 0.4) is 0 Å². The summed E-state index contributed by atoms with van der Waals surface area (Å²) in [6, 6.07) is 7.35. The fourth-order valence-corrected chi connectivity index (χ4v) is 5.86. The van der Waals surface area contributed by atoms with Gasteiger partial charge in [0, 0.05) is 31.5 Å². The quantitative estimate of drug-likeness (QED) is 0.221. The smallest absolute Gasteiger partial charge is 0.422 e. The summed E-state index contributed by atoms with van der Waals surface area (Å²) in [5.41, 5.74) is 0.823. The van der Waals surface area contributed by atoms with Crippen LogP contribution in [0.15, 0.2) is 46.5 Å². The topological polar surface area (TPSA) is 121 Å². The number of fused-ring (bicyclic) bond motifs is 1. The zero-order valence-corrected chi connectivity index (χ0v) is 20.7. The lowest BCUT2D eigenvalue weighted by Crippen LogP contribution is -2.42. The van der Waals surface area contributed by atoms with E-state index < -0.39 is 23.4 Å². The molecule has 3 aromatic rings. The number of nitrogens with zero attached hydrogens (tertiary/aromatic N) is 3. The molecule has 0 aliphatic carbocycles. The van der Waals surface area contributed by atoms with Crippen LogP contribution in [0.25, 0.3) is 16.7 Å². The number of amides is 1. The number of aromatic nitrogens is 3. The molecule has 1 fully saturated rings. The predicted molar refractivity (Wildman–Crippen MR) is 132 cm³/mol. The third kappa shape index (κ3) is 6.55. The molecule has 1 aliphatic heterocycles. The first kappa shape index (κ1) is 26.4. The molecule has 0 radical (unpaired) electrons. The van der Waals surface area contributed by atoms with E-state index in [4.69, 9.17) is 4.74 Å². The van der Waals surface area contributed by atoms with Crippen molar-refractivity contribution in [2.45, 2.75) is 24.2 Å². The minimum atomic E-state index is -4.46. The summed E-state index contributed by atoms with van der Waals surface area (Å²) < 4.78 is 62.8. The SMILES string of the molecule is O=C(CCCSc1nc2cc[nH]c2c(=O)n1-c1ccc(OCC(F)(F)F)cc1)N1CCS(O)(O)CC1. The molecule has 9 nitrogen and oxygen atoms in total. The standard InChI is InChI=1S/C22H25F3N4O5S2/c23-22(24,25)14-34-16-5-3-15(4-6-16)29-20(31)19-17(7-8-26-19)27-21(29)35-11-1-2-18(30)28-9-12-36(32,33)13-10-28/h3-8,26,32-33H,1-2,9-14H2. The highest BCUT2D eigenvalue weighted by molar-refractivity contribution is 8.24. The van der Waals surface area contributed by atoms with Crippen LogP contribution < -0.4 is 10.3 Å². The zero-order valence-electron chi connectivity index (χ0n) is 19.0. The number of carbonyl (C=O) groups excluding carboxylic acids is 1. The van der Waals surface area contributed by atoms with Gasteiger partial charge in [-0.1, -0.05) is 11.8 Å². The second-order valence-corrected chi connectivity index (χ2v) is 11.7. The van der Waals surface area contributed by atoms with E-state index in [2.05, 4.69) is 9.97 Å². The summed E-state index contributed by atoms with van der Waals surface area (Å²) in [5, 5.41) is 0.385. The summed E-state index contributed by atoms with van der Waals surface area (Å²) in [6.07, 6.45) is -2.07. The molecular formula is C22H25F3N4O5S2. The Balaban J connectivity index is 1.44. The molecule has 36 heavy (non-hydrogen) atoms. The van der Waals surface area contributed by atoms with Crippen LogP contribution in [0.2, 0.25) is 0 Å². The van der Waals surface area contributed by atoms with Crippen molar-refractivity contribution in [1.29, 1.82) is 0 Å². The van der Waals surface area contributed by atoms with Crippen LogP contribution in [-0.2, 0) is 4.79 Å². The lowest BCUT2D eigenvalue weighted by molar-refractivity contribution is -0.153. The third-order valence-electron chi connectivity index (χ3n) is 5.54. The van der Waals surface area contributed by atoms with Crippen molar-refractivity contribution in [3.8, 4) is 11.4 Å². The molecule has 0 atom stereocenters. The molecule has 3 N–H and O–H groups in total. The molecule has 0 saturated carbocycles. The number of aromatic amines is 1. The van der Waals surface area contributed by atoms with E-state index in [1.54, 1.807) is 17.2 Å². The number of ether oxygens (including phenoxy) is 1. The number of H-pyrrole nitrogens is 1. The Labute approximate surface area is 210 Å². The van der Waals surface area contributed by atoms with E-state index in [1.165, 1.54) is 40.6 Å². The molecule has 3 heterocycles. The molecule has 0 unspecified atom stereocenters. The molecule has 1 amide bonds. The summed E-state index contributed by atoms with van der Waals surface area (Å²) >= 11 is 1.29. The van der Waals surface area contributed by atoms with Crippen molar-refractivity contribution in [3.05, 3.63) is 46.9 Å². The maximum Gasteiger partial charge on any atom is 0.422 e. The zero-order chi connectivity index (χ0) is 25.9. The van der Waals surface area contributed by atoms with Crippen LogP contribution in [0, 0.1) is 0 Å². The van der Waals surface area contributed by atoms with E-state index in [0.717, 1.165) is 0 Å². The fraction of sp³-hybridized carbons (Fsp3) is 0.409. The third-order valence-corrected chi connectivity index (χ3v) is 8.24. The molecule has 0 bridgehead atoms. The first-order chi connectivity index (χ1) is 17.0. The first-order valence-electron chi connectivity index (χ1n) is 11.1. The highest BCUT2D eigenvalue weighted by Gasteiger charge is 2.28. The maximum absolute atomic E-state index is 13.2. The molecule has 0 spiro atoms. The van der Waals surface area contributed by atoms with Crippen LogP contribution in [-0.4, -0.2) is 77.6 Å². The summed E-state index contributed by atoms with van der Waals surface area (Å²) in [6.45, 7) is -0.772. The minimum absolute atomic E-state index is 0.0182. The van der Waals surface area contributed by atoms with Gasteiger partial charge in [0.25, 0.3) is 5.56 Å². The number of rotatable bonds is 8. The van der Waals surface area contributed by atoms with Gasteiger partial charge in [0.05, 0.1) is 22.7 Å². The molecular weight excluding hydrogens is 521 g/mol. The van der Waals surface area contributed by atoms with Crippen LogP contribution in [0.1, 0.15) is 12.8 Å². The normalized spacial score (nSPS) is 16.8. The van der Waals surface area contributed by atoms with Gasteiger partial charge in [-0.05, 0) is 36.8 Å². The van der Waals surface area contributed by atoms with Gasteiger partial charge in [0.1, 0.15) is 11.3 Å². The lowest BCUT2D eigenvalue weighted by atomic mass is 10.3. The van der Waals surface area contributed by atoms with Crippen molar-refractivity contribution in [2.24, 2.45) is 0 Å². The number of hydrogen-bond donors (Lipinski definition) is 3. The molecule has 1 aromatic carbocycles. The Morgan fingerprint density at radius 3 is 2.53 bits per heavy atom. The highest BCUT2D eigenvalue weighted by Crippen LogP contribution is 2.40. The van der Waals surface area contributed by atoms with Gasteiger partial charge >= 0.3 is 6.18 Å². The van der Waals surface area contributed by atoms with E-state index in [1.807, 2.05) is 0 Å². The van der Waals surface area contributed by atoms with E-state index >= 15 is 0 Å². The Morgan fingerprint density at radius 1 is 1.17 bits per heavy atom. The molecule has 14 heteroatoms. The number of halogens is 3. The fourth-order valence-electron chi connectivity index (χ4n) is 3.68. The Morgan fingerprint density at radius 2 is 1.86 bits per heavy atom. The number of benzene rings is 1. The van der Waals surface area contributed by atoms with Gasteiger partial charge in [-0.15, -0.1) is 0 Å². The van der Waals surface area contributed by atoms with Crippen molar-refractivity contribution in [1.82, 2.24) is 19.4 Å². The van der Waals surface area contributed by atoms with Gasteiger partial charge in [0.2, 0.25) is 5.91 Å². The van der Waals surface area contributed by atoms with E-state index in [9.17, 15) is 31.9 Å². The van der Waals surface area contributed by atoms with Gasteiger partial charge in [0.15, 0.2) is 11.8 Å². The molecule has 2 aromatic heterocycles. The van der Waals surface area contributed by atoms with Gasteiger partial charge in [-0.3, -0.25) is 23.3 Å². The number of carbonyl (C=O) groups is 1. The van der Waals surface area contributed by atoms with Crippen molar-refractivity contribution in [3.63, 3.8) is 0 Å². The molecule has 1 saturated heterocycles. The van der Waals surface area contributed by atoms with Crippen molar-refractivity contribution < 1.29 is 31.8 Å². The number of hydrogen-bond acceptors (Lipinski definition) is 7. The summed E-state index contributed by atoms with van der Waals surface area (Å²) in [5.74, 6) is 0.834. The Bertz CT molecular complexity index is 1270. The largest absolute Gasteiger partial charge is 0.484 e. The molecule has 4 rings (SSSR count).